The van der Waals surface area contributed by atoms with Crippen LogP contribution in [0.25, 0.3) is 0 Å². The molecule has 1 aromatic rings. The van der Waals surface area contributed by atoms with Gasteiger partial charge in [0.15, 0.2) is 5.13 Å². The first-order valence-corrected chi connectivity index (χ1v) is 5.88. The Morgan fingerprint density at radius 3 is 2.73 bits per heavy atom. The minimum absolute atomic E-state index is 0.143. The van der Waals surface area contributed by atoms with Crippen LogP contribution in [0.5, 0.6) is 0 Å². The van der Waals surface area contributed by atoms with Gasteiger partial charge in [-0.15, -0.1) is 11.3 Å². The molecule has 4 nitrogen and oxygen atoms in total. The first-order chi connectivity index (χ1) is 7.00. The fourth-order valence-electron chi connectivity index (χ4n) is 0.972. The average Bonchev–Trinajstić information content (AvgIpc) is 2.60. The highest BCUT2D eigenvalue weighted by Gasteiger charge is 2.12. The standard InChI is InChI=1S/C10H17N3OS/c1-6(2)7(3)4-12-9(14)8-5-15-10(11)13-8/h5-7H,4H2,1-3H3,(H2,11,13)(H,12,14). The monoisotopic (exact) mass is 227 g/mol. The van der Waals surface area contributed by atoms with Crippen molar-refractivity contribution in [1.82, 2.24) is 10.3 Å². The molecule has 0 saturated heterocycles. The van der Waals surface area contributed by atoms with Gasteiger partial charge in [-0.05, 0) is 11.8 Å². The van der Waals surface area contributed by atoms with Crippen molar-refractivity contribution in [2.45, 2.75) is 20.8 Å². The summed E-state index contributed by atoms with van der Waals surface area (Å²) in [6.45, 7) is 7.06. The number of carbonyl (C=O) groups is 1. The molecule has 3 N–H and O–H groups in total. The van der Waals surface area contributed by atoms with E-state index in [1.165, 1.54) is 11.3 Å². The van der Waals surface area contributed by atoms with Crippen LogP contribution in [-0.2, 0) is 0 Å². The first kappa shape index (κ1) is 12.0. The lowest BCUT2D eigenvalue weighted by atomic mass is 9.98. The minimum atomic E-state index is -0.143. The SMILES string of the molecule is CC(C)C(C)CNC(=O)c1csc(N)n1. The van der Waals surface area contributed by atoms with Crippen molar-refractivity contribution in [2.75, 3.05) is 12.3 Å². The molecule has 0 aliphatic heterocycles. The molecule has 0 radical (unpaired) electrons. The topological polar surface area (TPSA) is 68.0 Å². The zero-order valence-corrected chi connectivity index (χ0v) is 10.1. The Bertz CT molecular complexity index is 335. The number of nitrogens with one attached hydrogen (secondary N) is 1. The lowest BCUT2D eigenvalue weighted by Gasteiger charge is -2.15. The second-order valence-corrected chi connectivity index (χ2v) is 4.89. The number of nitrogens with two attached hydrogens (primary N) is 1. The number of nitrogens with zero attached hydrogens (tertiary/aromatic N) is 1. The van der Waals surface area contributed by atoms with E-state index in [4.69, 9.17) is 5.73 Å². The van der Waals surface area contributed by atoms with Crippen molar-refractivity contribution >= 4 is 22.4 Å². The predicted octanol–water partition coefficient (Wildman–Crippen LogP) is 1.75. The van der Waals surface area contributed by atoms with E-state index < -0.39 is 0 Å². The summed E-state index contributed by atoms with van der Waals surface area (Å²) >= 11 is 1.28. The van der Waals surface area contributed by atoms with Crippen LogP contribution in [0.1, 0.15) is 31.3 Å². The molecule has 5 heteroatoms. The van der Waals surface area contributed by atoms with Crippen molar-refractivity contribution in [3.63, 3.8) is 0 Å². The van der Waals surface area contributed by atoms with Gasteiger partial charge >= 0.3 is 0 Å². The van der Waals surface area contributed by atoms with E-state index in [2.05, 4.69) is 31.1 Å². The normalized spacial score (nSPS) is 12.8. The van der Waals surface area contributed by atoms with Crippen LogP contribution in [0.2, 0.25) is 0 Å². The fourth-order valence-corrected chi connectivity index (χ4v) is 1.52. The summed E-state index contributed by atoms with van der Waals surface area (Å²) in [6, 6.07) is 0. The Morgan fingerprint density at radius 2 is 2.27 bits per heavy atom. The number of nitrogen functional groups attached to an aromatic ring is 1. The minimum Gasteiger partial charge on any atom is -0.375 e. The van der Waals surface area contributed by atoms with Gasteiger partial charge in [-0.2, -0.15) is 0 Å². The van der Waals surface area contributed by atoms with Gasteiger partial charge in [0.2, 0.25) is 0 Å². The average molecular weight is 227 g/mol. The Kier molecular flexibility index (Phi) is 4.08. The number of aromatic nitrogens is 1. The third kappa shape index (κ3) is 3.51. The van der Waals surface area contributed by atoms with E-state index in [0.717, 1.165) is 0 Å². The summed E-state index contributed by atoms with van der Waals surface area (Å²) in [5.74, 6) is 0.881. The van der Waals surface area contributed by atoms with Gasteiger partial charge in [-0.1, -0.05) is 20.8 Å². The van der Waals surface area contributed by atoms with E-state index in [1.54, 1.807) is 5.38 Å². The Morgan fingerprint density at radius 1 is 1.60 bits per heavy atom. The molecule has 1 unspecified atom stereocenters. The zero-order valence-electron chi connectivity index (χ0n) is 9.28. The maximum atomic E-state index is 11.6. The van der Waals surface area contributed by atoms with E-state index >= 15 is 0 Å². The molecule has 0 spiro atoms. The highest BCUT2D eigenvalue weighted by atomic mass is 32.1. The second-order valence-electron chi connectivity index (χ2n) is 4.00. The van der Waals surface area contributed by atoms with Crippen LogP contribution < -0.4 is 11.1 Å². The molecule has 1 rings (SSSR count). The number of carbonyl (C=O) groups excluding carboxylic acids is 1. The molecule has 0 fully saturated rings. The van der Waals surface area contributed by atoms with Gasteiger partial charge in [-0.3, -0.25) is 4.79 Å². The summed E-state index contributed by atoms with van der Waals surface area (Å²) in [4.78, 5) is 15.5. The maximum absolute atomic E-state index is 11.6. The molecule has 1 atom stereocenters. The summed E-state index contributed by atoms with van der Waals surface area (Å²) in [6.07, 6.45) is 0. The molecular weight excluding hydrogens is 210 g/mol. The number of anilines is 1. The second kappa shape index (κ2) is 5.11. The Balaban J connectivity index is 2.43. The van der Waals surface area contributed by atoms with Crippen LogP contribution in [0, 0.1) is 11.8 Å². The van der Waals surface area contributed by atoms with Gasteiger partial charge in [0, 0.05) is 11.9 Å². The van der Waals surface area contributed by atoms with Gasteiger partial charge in [0.1, 0.15) is 5.69 Å². The molecule has 0 saturated carbocycles. The molecule has 15 heavy (non-hydrogen) atoms. The van der Waals surface area contributed by atoms with Crippen molar-refractivity contribution in [2.24, 2.45) is 11.8 Å². The zero-order chi connectivity index (χ0) is 11.4. The molecule has 84 valence electrons. The van der Waals surface area contributed by atoms with E-state index in [1.807, 2.05) is 0 Å². The van der Waals surface area contributed by atoms with Crippen molar-refractivity contribution in [3.05, 3.63) is 11.1 Å². The largest absolute Gasteiger partial charge is 0.375 e. The van der Waals surface area contributed by atoms with Crippen LogP contribution in [0.4, 0.5) is 5.13 Å². The Labute approximate surface area is 93.9 Å². The van der Waals surface area contributed by atoms with Crippen LogP contribution in [0.15, 0.2) is 5.38 Å². The van der Waals surface area contributed by atoms with Gasteiger partial charge in [-0.25, -0.2) is 4.98 Å². The van der Waals surface area contributed by atoms with Crippen LogP contribution >= 0.6 is 11.3 Å². The van der Waals surface area contributed by atoms with Gasteiger partial charge < -0.3 is 11.1 Å². The molecule has 1 aromatic heterocycles. The Hall–Kier alpha value is -1.10. The smallest absolute Gasteiger partial charge is 0.270 e. The number of amides is 1. The van der Waals surface area contributed by atoms with Crippen LogP contribution in [-0.4, -0.2) is 17.4 Å². The number of hydrogen-bond donors (Lipinski definition) is 2. The van der Waals surface area contributed by atoms with E-state index in [-0.39, 0.29) is 5.91 Å². The lowest BCUT2D eigenvalue weighted by Crippen LogP contribution is -2.30. The predicted molar refractivity (Wildman–Crippen MR) is 62.9 cm³/mol. The third-order valence-electron chi connectivity index (χ3n) is 2.48. The number of hydrogen-bond acceptors (Lipinski definition) is 4. The highest BCUT2D eigenvalue weighted by molar-refractivity contribution is 7.13. The summed E-state index contributed by atoms with van der Waals surface area (Å²) in [7, 11) is 0. The molecule has 1 amide bonds. The van der Waals surface area contributed by atoms with Gasteiger partial charge in [0.25, 0.3) is 5.91 Å². The van der Waals surface area contributed by atoms with Gasteiger partial charge in [0.05, 0.1) is 0 Å². The molecule has 0 aliphatic rings. The quantitative estimate of drug-likeness (QED) is 0.823. The number of rotatable bonds is 4. The van der Waals surface area contributed by atoms with Crippen LogP contribution in [0.3, 0.4) is 0 Å². The molecule has 0 aliphatic carbocycles. The maximum Gasteiger partial charge on any atom is 0.270 e. The van der Waals surface area contributed by atoms with Crippen molar-refractivity contribution < 1.29 is 4.79 Å². The molecular formula is C10H17N3OS. The first-order valence-electron chi connectivity index (χ1n) is 5.00. The highest BCUT2D eigenvalue weighted by Crippen LogP contribution is 2.11. The summed E-state index contributed by atoms with van der Waals surface area (Å²) in [5, 5.41) is 4.94. The summed E-state index contributed by atoms with van der Waals surface area (Å²) < 4.78 is 0. The molecule has 0 aromatic carbocycles. The third-order valence-corrected chi connectivity index (χ3v) is 3.15. The summed E-state index contributed by atoms with van der Waals surface area (Å²) in [5.41, 5.74) is 5.86. The lowest BCUT2D eigenvalue weighted by molar-refractivity contribution is 0.0940. The van der Waals surface area contributed by atoms with Crippen molar-refractivity contribution in [3.8, 4) is 0 Å². The molecule has 0 bridgehead atoms. The molecule has 1 heterocycles. The fraction of sp³-hybridized carbons (Fsp3) is 0.600. The van der Waals surface area contributed by atoms with E-state index in [0.29, 0.717) is 29.2 Å². The number of thiazole rings is 1. The van der Waals surface area contributed by atoms with Crippen molar-refractivity contribution in [1.29, 1.82) is 0 Å². The van der Waals surface area contributed by atoms with E-state index in [9.17, 15) is 4.79 Å².